The molecule has 2 aliphatic rings. The van der Waals surface area contributed by atoms with E-state index in [-0.39, 0.29) is 11.8 Å². The summed E-state index contributed by atoms with van der Waals surface area (Å²) in [4.78, 5) is 28.3. The van der Waals surface area contributed by atoms with Crippen molar-refractivity contribution in [2.75, 3.05) is 39.4 Å². The Balaban J connectivity index is 1.42. The lowest BCUT2D eigenvalue weighted by molar-refractivity contribution is -0.133. The number of nitrogens with zero attached hydrogens (tertiary/aromatic N) is 1. The molecular formula is C28H35N3O4. The van der Waals surface area contributed by atoms with E-state index >= 15 is 0 Å². The number of likely N-dealkylation sites (tertiary alicyclic amines) is 1. The predicted octanol–water partition coefficient (Wildman–Crippen LogP) is 3.55. The van der Waals surface area contributed by atoms with Crippen LogP contribution >= 0.6 is 0 Å². The molecule has 1 spiro atoms. The molecule has 0 saturated carbocycles. The average Bonchev–Trinajstić information content (AvgIpc) is 2.88. The van der Waals surface area contributed by atoms with Crippen molar-refractivity contribution in [2.45, 2.75) is 32.7 Å². The van der Waals surface area contributed by atoms with Gasteiger partial charge in [-0.25, -0.2) is 0 Å². The Morgan fingerprint density at radius 1 is 0.971 bits per heavy atom. The summed E-state index contributed by atoms with van der Waals surface area (Å²) >= 11 is 0. The van der Waals surface area contributed by atoms with Crippen molar-refractivity contribution in [1.82, 2.24) is 15.5 Å². The number of fused-ring (bicyclic) bond motifs is 1. The van der Waals surface area contributed by atoms with E-state index in [1.807, 2.05) is 49.4 Å². The summed E-state index contributed by atoms with van der Waals surface area (Å²) in [5.41, 5.74) is 1.21. The highest BCUT2D eigenvalue weighted by Gasteiger charge is 2.40. The van der Waals surface area contributed by atoms with Gasteiger partial charge in [-0.2, -0.15) is 0 Å². The number of hydrogen-bond acceptors (Lipinski definition) is 5. The van der Waals surface area contributed by atoms with E-state index in [0.29, 0.717) is 44.0 Å². The molecular weight excluding hydrogens is 442 g/mol. The standard InChI is InChI=1S/C28H35N3O4/c1-2-34-24-11-5-3-9-22(24)21-31-18-14-28(15-19-31)13-7-8-20-35-25-12-6-4-10-23(25)26(32)29-16-17-30-27(28)33/h3-12H,2,13-21H2,1H3,(H,29,32)(H,30,33)/b8-7+. The lowest BCUT2D eigenvalue weighted by Gasteiger charge is -2.40. The maximum absolute atomic E-state index is 13.3. The zero-order valence-electron chi connectivity index (χ0n) is 20.4. The number of piperidine rings is 1. The van der Waals surface area contributed by atoms with Gasteiger partial charge < -0.3 is 20.1 Å². The van der Waals surface area contributed by atoms with Crippen LogP contribution in [0.2, 0.25) is 0 Å². The zero-order chi connectivity index (χ0) is 24.5. The summed E-state index contributed by atoms with van der Waals surface area (Å²) in [5.74, 6) is 1.35. The fourth-order valence-corrected chi connectivity index (χ4v) is 4.76. The van der Waals surface area contributed by atoms with Gasteiger partial charge >= 0.3 is 0 Å². The fraction of sp³-hybridized carbons (Fsp3) is 0.429. The zero-order valence-corrected chi connectivity index (χ0v) is 20.4. The van der Waals surface area contributed by atoms with Gasteiger partial charge in [0.1, 0.15) is 18.1 Å². The minimum Gasteiger partial charge on any atom is -0.494 e. The number of para-hydroxylation sites is 2. The fourth-order valence-electron chi connectivity index (χ4n) is 4.76. The number of nitrogens with one attached hydrogen (secondary N) is 2. The van der Waals surface area contributed by atoms with E-state index < -0.39 is 5.41 Å². The normalized spacial score (nSPS) is 20.0. The molecule has 186 valence electrons. The minimum absolute atomic E-state index is 0.0594. The molecule has 0 atom stereocenters. The SMILES string of the molecule is CCOc1ccccc1CN1CCC2(C/C=C/COc3ccccc3C(=O)NCCNC2=O)CC1. The second kappa shape index (κ2) is 11.9. The third-order valence-electron chi connectivity index (χ3n) is 6.80. The van der Waals surface area contributed by atoms with Crippen molar-refractivity contribution >= 4 is 11.8 Å². The van der Waals surface area contributed by atoms with E-state index in [0.717, 1.165) is 38.2 Å². The Morgan fingerprint density at radius 2 is 1.71 bits per heavy atom. The second-order valence-electron chi connectivity index (χ2n) is 9.09. The number of rotatable bonds is 4. The molecule has 35 heavy (non-hydrogen) atoms. The van der Waals surface area contributed by atoms with Crippen molar-refractivity contribution in [1.29, 1.82) is 0 Å². The van der Waals surface area contributed by atoms with Crippen molar-refractivity contribution in [3.05, 3.63) is 71.8 Å². The Labute approximate surface area is 207 Å². The van der Waals surface area contributed by atoms with Crippen LogP contribution in [0.5, 0.6) is 11.5 Å². The predicted molar refractivity (Wildman–Crippen MR) is 136 cm³/mol. The number of hydrogen-bond donors (Lipinski definition) is 2. The van der Waals surface area contributed by atoms with Gasteiger partial charge in [0.05, 0.1) is 17.6 Å². The first-order valence-corrected chi connectivity index (χ1v) is 12.5. The van der Waals surface area contributed by atoms with Gasteiger partial charge in [0.25, 0.3) is 5.91 Å². The summed E-state index contributed by atoms with van der Waals surface area (Å²) in [6, 6.07) is 15.4. The summed E-state index contributed by atoms with van der Waals surface area (Å²) in [5, 5.41) is 5.96. The van der Waals surface area contributed by atoms with E-state index in [9.17, 15) is 9.59 Å². The highest BCUT2D eigenvalue weighted by molar-refractivity contribution is 5.96. The van der Waals surface area contributed by atoms with Crippen LogP contribution < -0.4 is 20.1 Å². The van der Waals surface area contributed by atoms with Crippen LogP contribution in [-0.4, -0.2) is 56.1 Å². The van der Waals surface area contributed by atoms with Crippen molar-refractivity contribution in [2.24, 2.45) is 5.41 Å². The van der Waals surface area contributed by atoms with Crippen LogP contribution in [0.1, 0.15) is 42.1 Å². The van der Waals surface area contributed by atoms with Crippen LogP contribution in [-0.2, 0) is 11.3 Å². The van der Waals surface area contributed by atoms with E-state index in [2.05, 4.69) is 21.6 Å². The molecule has 2 aliphatic heterocycles. The van der Waals surface area contributed by atoms with Gasteiger partial charge in [-0.15, -0.1) is 0 Å². The largest absolute Gasteiger partial charge is 0.494 e. The van der Waals surface area contributed by atoms with E-state index in [1.54, 1.807) is 12.1 Å². The first kappa shape index (κ1) is 24.8. The first-order chi connectivity index (χ1) is 17.1. The molecule has 1 saturated heterocycles. The van der Waals surface area contributed by atoms with Gasteiger partial charge in [-0.05, 0) is 57.5 Å². The first-order valence-electron chi connectivity index (χ1n) is 12.5. The lowest BCUT2D eigenvalue weighted by atomic mass is 9.74. The average molecular weight is 478 g/mol. The molecule has 0 aromatic heterocycles. The van der Waals surface area contributed by atoms with E-state index in [1.165, 1.54) is 5.56 Å². The Hall–Kier alpha value is -3.32. The van der Waals surface area contributed by atoms with Gasteiger partial charge in [-0.3, -0.25) is 14.5 Å². The number of benzene rings is 2. The summed E-state index contributed by atoms with van der Waals surface area (Å²) in [6.07, 6.45) is 6.21. The van der Waals surface area contributed by atoms with Gasteiger partial charge in [0.2, 0.25) is 5.91 Å². The van der Waals surface area contributed by atoms with Crippen molar-refractivity contribution < 1.29 is 19.1 Å². The molecule has 0 aliphatic carbocycles. The third-order valence-corrected chi connectivity index (χ3v) is 6.80. The number of ether oxygens (including phenoxy) is 2. The monoisotopic (exact) mass is 477 g/mol. The highest BCUT2D eigenvalue weighted by Crippen LogP contribution is 2.37. The lowest BCUT2D eigenvalue weighted by Crippen LogP contribution is -2.49. The summed E-state index contributed by atoms with van der Waals surface area (Å²) in [6.45, 7) is 6.23. The van der Waals surface area contributed by atoms with Crippen LogP contribution in [0.15, 0.2) is 60.7 Å². The molecule has 1 fully saturated rings. The highest BCUT2D eigenvalue weighted by atomic mass is 16.5. The van der Waals surface area contributed by atoms with Gasteiger partial charge in [0, 0.05) is 25.2 Å². The molecule has 0 unspecified atom stereocenters. The topological polar surface area (TPSA) is 79.9 Å². The summed E-state index contributed by atoms with van der Waals surface area (Å²) in [7, 11) is 0. The molecule has 7 heteroatoms. The van der Waals surface area contributed by atoms with Crippen molar-refractivity contribution in [3.63, 3.8) is 0 Å². The quantitative estimate of drug-likeness (QED) is 0.659. The molecule has 4 rings (SSSR count). The molecule has 2 aromatic rings. The molecule has 0 radical (unpaired) electrons. The number of amides is 2. The third kappa shape index (κ3) is 6.22. The van der Waals surface area contributed by atoms with Crippen LogP contribution in [0.3, 0.4) is 0 Å². The maximum atomic E-state index is 13.3. The number of carbonyl (C=O) groups is 2. The van der Waals surface area contributed by atoms with Crippen molar-refractivity contribution in [3.8, 4) is 11.5 Å². The molecule has 0 bridgehead atoms. The smallest absolute Gasteiger partial charge is 0.255 e. The van der Waals surface area contributed by atoms with E-state index in [4.69, 9.17) is 9.47 Å². The number of carbonyl (C=O) groups excluding carboxylic acids is 2. The molecule has 2 heterocycles. The summed E-state index contributed by atoms with van der Waals surface area (Å²) < 4.78 is 11.6. The molecule has 2 aromatic carbocycles. The Bertz CT molecular complexity index is 1040. The molecule has 2 N–H and O–H groups in total. The second-order valence-corrected chi connectivity index (χ2v) is 9.09. The van der Waals surface area contributed by atoms with Gasteiger partial charge in [-0.1, -0.05) is 42.5 Å². The Morgan fingerprint density at radius 3 is 2.54 bits per heavy atom. The number of allylic oxidation sites excluding steroid dienone is 1. The minimum atomic E-state index is -0.460. The molecule has 7 nitrogen and oxygen atoms in total. The maximum Gasteiger partial charge on any atom is 0.255 e. The van der Waals surface area contributed by atoms with Crippen LogP contribution in [0.4, 0.5) is 0 Å². The van der Waals surface area contributed by atoms with Crippen LogP contribution in [0.25, 0.3) is 0 Å². The Kier molecular flexibility index (Phi) is 8.42. The molecule has 2 amide bonds. The van der Waals surface area contributed by atoms with Crippen LogP contribution in [0, 0.1) is 5.41 Å². The van der Waals surface area contributed by atoms with Gasteiger partial charge in [0.15, 0.2) is 0 Å².